The lowest BCUT2D eigenvalue weighted by molar-refractivity contribution is -0.173. The smallest absolute Gasteiger partial charge is 0.383 e. The molecular formula is C8H15ClF3NO2. The van der Waals surface area contributed by atoms with Crippen molar-refractivity contribution in [2.75, 3.05) is 39.4 Å². The fraction of sp³-hybridized carbons (Fsp3) is 1.00. The Morgan fingerprint density at radius 2 is 2.07 bits per heavy atom. The van der Waals surface area contributed by atoms with Crippen molar-refractivity contribution in [2.24, 2.45) is 0 Å². The van der Waals surface area contributed by atoms with E-state index in [4.69, 9.17) is 16.3 Å². The van der Waals surface area contributed by atoms with Gasteiger partial charge in [-0.15, -0.1) is 11.6 Å². The van der Waals surface area contributed by atoms with Crippen molar-refractivity contribution in [1.29, 1.82) is 0 Å². The van der Waals surface area contributed by atoms with E-state index in [0.29, 0.717) is 19.0 Å². The molecule has 0 aromatic rings. The zero-order valence-corrected chi connectivity index (χ0v) is 9.20. The first-order valence-corrected chi connectivity index (χ1v) is 4.96. The number of halogens is 4. The average Bonchev–Trinajstić information content (AvgIpc) is 2.14. The lowest BCUT2D eigenvalue weighted by Gasteiger charge is -2.15. The minimum atomic E-state index is -4.27. The van der Waals surface area contributed by atoms with Gasteiger partial charge in [-0.05, 0) is 0 Å². The fourth-order valence-corrected chi connectivity index (χ4v) is 1.08. The molecule has 1 N–H and O–H groups in total. The Bertz CT molecular complexity index is 157. The SMILES string of the molecule is COCC(CCl)NCCOCC(F)(F)F. The lowest BCUT2D eigenvalue weighted by Crippen LogP contribution is -2.37. The molecule has 0 rings (SSSR count). The van der Waals surface area contributed by atoms with Crippen LogP contribution in [0.3, 0.4) is 0 Å². The number of methoxy groups -OCH3 is 1. The molecule has 0 saturated carbocycles. The molecule has 3 nitrogen and oxygen atoms in total. The van der Waals surface area contributed by atoms with E-state index in [2.05, 4.69) is 10.1 Å². The normalized spacial score (nSPS) is 14.2. The van der Waals surface area contributed by atoms with Crippen molar-refractivity contribution in [3.63, 3.8) is 0 Å². The van der Waals surface area contributed by atoms with Gasteiger partial charge in [0.1, 0.15) is 6.61 Å². The summed E-state index contributed by atoms with van der Waals surface area (Å²) in [7, 11) is 1.53. The molecule has 92 valence electrons. The predicted molar refractivity (Wildman–Crippen MR) is 51.3 cm³/mol. The molecule has 0 aliphatic carbocycles. The van der Waals surface area contributed by atoms with Crippen LogP contribution in [0.2, 0.25) is 0 Å². The average molecular weight is 250 g/mol. The Hall–Kier alpha value is -0.0400. The molecule has 0 aliphatic heterocycles. The zero-order valence-electron chi connectivity index (χ0n) is 8.44. The second-order valence-corrected chi connectivity index (χ2v) is 3.24. The van der Waals surface area contributed by atoms with Crippen LogP contribution < -0.4 is 5.32 Å². The third-order valence-electron chi connectivity index (χ3n) is 1.50. The molecule has 0 aliphatic rings. The van der Waals surface area contributed by atoms with Gasteiger partial charge in [0.2, 0.25) is 0 Å². The number of nitrogens with one attached hydrogen (secondary N) is 1. The van der Waals surface area contributed by atoms with Crippen molar-refractivity contribution < 1.29 is 22.6 Å². The lowest BCUT2D eigenvalue weighted by atomic mass is 10.3. The maximum Gasteiger partial charge on any atom is 0.411 e. The van der Waals surface area contributed by atoms with E-state index in [1.807, 2.05) is 0 Å². The van der Waals surface area contributed by atoms with Crippen molar-refractivity contribution in [2.45, 2.75) is 12.2 Å². The largest absolute Gasteiger partial charge is 0.411 e. The van der Waals surface area contributed by atoms with Crippen molar-refractivity contribution >= 4 is 11.6 Å². The fourth-order valence-electron chi connectivity index (χ4n) is 0.882. The van der Waals surface area contributed by atoms with Crippen molar-refractivity contribution in [3.8, 4) is 0 Å². The number of alkyl halides is 4. The highest BCUT2D eigenvalue weighted by Crippen LogP contribution is 2.13. The topological polar surface area (TPSA) is 30.5 Å². The maximum absolute atomic E-state index is 11.6. The van der Waals surface area contributed by atoms with Crippen LogP contribution in [-0.4, -0.2) is 51.6 Å². The van der Waals surface area contributed by atoms with E-state index >= 15 is 0 Å². The minimum Gasteiger partial charge on any atom is -0.383 e. The molecule has 0 bridgehead atoms. The number of hydrogen-bond donors (Lipinski definition) is 1. The molecule has 7 heteroatoms. The van der Waals surface area contributed by atoms with Crippen LogP contribution in [0.1, 0.15) is 0 Å². The monoisotopic (exact) mass is 249 g/mol. The van der Waals surface area contributed by atoms with Gasteiger partial charge in [0.25, 0.3) is 0 Å². The summed E-state index contributed by atoms with van der Waals surface area (Å²) in [6.07, 6.45) is -4.27. The van der Waals surface area contributed by atoms with E-state index in [0.717, 1.165) is 0 Å². The quantitative estimate of drug-likeness (QED) is 0.521. The first-order valence-electron chi connectivity index (χ1n) is 4.42. The molecule has 0 amide bonds. The summed E-state index contributed by atoms with van der Waals surface area (Å²) in [5, 5.41) is 2.91. The van der Waals surface area contributed by atoms with Crippen LogP contribution in [0.25, 0.3) is 0 Å². The molecule has 0 spiro atoms. The number of hydrogen-bond acceptors (Lipinski definition) is 3. The van der Waals surface area contributed by atoms with E-state index in [1.54, 1.807) is 0 Å². The highest BCUT2D eigenvalue weighted by atomic mass is 35.5. The predicted octanol–water partition coefficient (Wildman–Crippen LogP) is 1.41. The summed E-state index contributed by atoms with van der Waals surface area (Å²) in [6.45, 7) is -0.485. The van der Waals surface area contributed by atoms with Crippen LogP contribution in [0.5, 0.6) is 0 Å². The molecule has 15 heavy (non-hydrogen) atoms. The van der Waals surface area contributed by atoms with Gasteiger partial charge in [0, 0.05) is 25.6 Å². The Morgan fingerprint density at radius 3 is 2.53 bits per heavy atom. The standard InChI is InChI=1S/C8H15ClF3NO2/c1-14-5-7(4-9)13-2-3-15-6-8(10,11)12/h7,13H,2-6H2,1H3. The molecule has 0 radical (unpaired) electrons. The van der Waals surface area contributed by atoms with Crippen LogP contribution in [0.15, 0.2) is 0 Å². The molecule has 0 aromatic heterocycles. The second-order valence-electron chi connectivity index (χ2n) is 2.93. The molecular weight excluding hydrogens is 235 g/mol. The maximum atomic E-state index is 11.6. The molecule has 0 heterocycles. The Balaban J connectivity index is 3.36. The van der Waals surface area contributed by atoms with E-state index in [-0.39, 0.29) is 12.6 Å². The van der Waals surface area contributed by atoms with Crippen LogP contribution >= 0.6 is 11.6 Å². The minimum absolute atomic E-state index is 0.00336. The van der Waals surface area contributed by atoms with Crippen LogP contribution in [0, 0.1) is 0 Å². The van der Waals surface area contributed by atoms with Gasteiger partial charge in [-0.3, -0.25) is 0 Å². The Morgan fingerprint density at radius 1 is 1.40 bits per heavy atom. The van der Waals surface area contributed by atoms with Crippen molar-refractivity contribution in [1.82, 2.24) is 5.32 Å². The second kappa shape index (κ2) is 8.15. The van der Waals surface area contributed by atoms with Gasteiger partial charge in [-0.1, -0.05) is 0 Å². The Labute approximate surface area is 91.9 Å². The zero-order chi connectivity index (χ0) is 11.7. The summed E-state index contributed by atoms with van der Waals surface area (Å²) in [5.74, 6) is 0.340. The van der Waals surface area contributed by atoms with Crippen LogP contribution in [-0.2, 0) is 9.47 Å². The molecule has 1 atom stereocenters. The summed E-state index contributed by atoms with van der Waals surface area (Å²) in [6, 6.07) is -0.0637. The van der Waals surface area contributed by atoms with Gasteiger partial charge in [0.15, 0.2) is 0 Å². The number of ether oxygens (including phenoxy) is 2. The highest BCUT2D eigenvalue weighted by Gasteiger charge is 2.27. The van der Waals surface area contributed by atoms with E-state index < -0.39 is 12.8 Å². The summed E-state index contributed by atoms with van der Waals surface area (Å²) in [4.78, 5) is 0. The Kier molecular flexibility index (Phi) is 8.13. The number of rotatable bonds is 8. The van der Waals surface area contributed by atoms with Crippen molar-refractivity contribution in [3.05, 3.63) is 0 Å². The molecule has 0 aromatic carbocycles. The van der Waals surface area contributed by atoms with Gasteiger partial charge in [-0.2, -0.15) is 13.2 Å². The highest BCUT2D eigenvalue weighted by molar-refractivity contribution is 6.18. The first-order chi connectivity index (χ1) is 6.99. The van der Waals surface area contributed by atoms with E-state index in [9.17, 15) is 13.2 Å². The summed E-state index contributed by atoms with van der Waals surface area (Å²) >= 11 is 5.57. The van der Waals surface area contributed by atoms with E-state index in [1.165, 1.54) is 7.11 Å². The third-order valence-corrected chi connectivity index (χ3v) is 1.87. The van der Waals surface area contributed by atoms with Gasteiger partial charge < -0.3 is 14.8 Å². The van der Waals surface area contributed by atoms with Gasteiger partial charge >= 0.3 is 6.18 Å². The van der Waals surface area contributed by atoms with Gasteiger partial charge in [0.05, 0.1) is 13.2 Å². The molecule has 0 saturated heterocycles. The molecule has 0 fully saturated rings. The molecule has 1 unspecified atom stereocenters. The first kappa shape index (κ1) is 15.0. The van der Waals surface area contributed by atoms with Gasteiger partial charge in [-0.25, -0.2) is 0 Å². The third kappa shape index (κ3) is 10.2. The summed E-state index contributed by atoms with van der Waals surface area (Å²) < 4.78 is 44.2. The van der Waals surface area contributed by atoms with Crippen LogP contribution in [0.4, 0.5) is 13.2 Å². The summed E-state index contributed by atoms with van der Waals surface area (Å²) in [5.41, 5.74) is 0.